The molecule has 0 bridgehead atoms. The van der Waals surface area contributed by atoms with Crippen molar-refractivity contribution in [2.45, 2.75) is 6.92 Å². The average Bonchev–Trinajstić information content (AvgIpc) is 3.09. The Kier molecular flexibility index (Phi) is 4.75. The number of carbonyl (C=O) groups is 1. The fourth-order valence-electron chi connectivity index (χ4n) is 2.35. The lowest BCUT2D eigenvalue weighted by molar-refractivity contribution is 0.0601. The average molecular weight is 337 g/mol. The van der Waals surface area contributed by atoms with E-state index in [2.05, 4.69) is 4.99 Å². The number of hydrogen-bond donors (Lipinski definition) is 0. The Bertz CT molecular complexity index is 944. The minimum Gasteiger partial charge on any atom is -0.465 e. The number of aliphatic imine (C=N–C) groups is 1. The monoisotopic (exact) mass is 337 g/mol. The van der Waals surface area contributed by atoms with Crippen molar-refractivity contribution >= 4 is 17.9 Å². The number of benzene rings is 2. The van der Waals surface area contributed by atoms with Crippen molar-refractivity contribution < 1.29 is 18.3 Å². The molecule has 0 N–H and O–H groups in total. The molecule has 0 aliphatic heterocycles. The third-order valence-corrected chi connectivity index (χ3v) is 3.70. The van der Waals surface area contributed by atoms with E-state index < -0.39 is 5.97 Å². The lowest BCUT2D eigenvalue weighted by Gasteiger charge is -2.03. The molecular weight excluding hydrogens is 321 g/mol. The molecule has 0 aliphatic carbocycles. The van der Waals surface area contributed by atoms with Gasteiger partial charge in [0.25, 0.3) is 0 Å². The predicted octanol–water partition coefficient (Wildman–Crippen LogP) is 4.93. The van der Waals surface area contributed by atoms with Crippen LogP contribution in [0.5, 0.6) is 0 Å². The van der Waals surface area contributed by atoms with Crippen molar-refractivity contribution in [1.29, 1.82) is 0 Å². The molecule has 1 heterocycles. The summed E-state index contributed by atoms with van der Waals surface area (Å²) < 4.78 is 23.7. The van der Waals surface area contributed by atoms with Crippen LogP contribution in [-0.2, 0) is 4.74 Å². The SMILES string of the molecule is COC(=O)c1ccc(C)c(N=Cc2ccc(-c3cccc(F)c3)o2)c1. The van der Waals surface area contributed by atoms with Crippen LogP contribution in [0, 0.1) is 12.7 Å². The Labute approximate surface area is 144 Å². The first-order valence-corrected chi connectivity index (χ1v) is 7.65. The van der Waals surface area contributed by atoms with Crippen molar-refractivity contribution in [1.82, 2.24) is 0 Å². The van der Waals surface area contributed by atoms with Gasteiger partial charge in [-0.15, -0.1) is 0 Å². The fraction of sp³-hybridized carbons (Fsp3) is 0.100. The van der Waals surface area contributed by atoms with E-state index in [1.54, 1.807) is 48.7 Å². The first kappa shape index (κ1) is 16.6. The van der Waals surface area contributed by atoms with Crippen LogP contribution in [0.15, 0.2) is 64.0 Å². The summed E-state index contributed by atoms with van der Waals surface area (Å²) in [6.07, 6.45) is 1.56. The summed E-state index contributed by atoms with van der Waals surface area (Å²) in [7, 11) is 1.34. The maximum absolute atomic E-state index is 13.3. The van der Waals surface area contributed by atoms with Crippen LogP contribution in [0.25, 0.3) is 11.3 Å². The Morgan fingerprint density at radius 1 is 1.16 bits per heavy atom. The normalized spacial score (nSPS) is 11.0. The molecule has 0 fully saturated rings. The summed E-state index contributed by atoms with van der Waals surface area (Å²) in [4.78, 5) is 16.0. The molecule has 1 aromatic heterocycles. The molecule has 25 heavy (non-hydrogen) atoms. The van der Waals surface area contributed by atoms with E-state index >= 15 is 0 Å². The van der Waals surface area contributed by atoms with Gasteiger partial charge in [-0.25, -0.2) is 9.18 Å². The third kappa shape index (κ3) is 3.83. The zero-order chi connectivity index (χ0) is 17.8. The lowest BCUT2D eigenvalue weighted by atomic mass is 10.1. The molecule has 126 valence electrons. The molecule has 0 radical (unpaired) electrons. The Hall–Kier alpha value is -3.21. The Morgan fingerprint density at radius 2 is 2.00 bits per heavy atom. The Balaban J connectivity index is 1.84. The molecule has 0 unspecified atom stereocenters. The van der Waals surface area contributed by atoms with Crippen molar-refractivity contribution in [3.05, 3.63) is 77.3 Å². The van der Waals surface area contributed by atoms with E-state index in [0.717, 1.165) is 5.56 Å². The zero-order valence-electron chi connectivity index (χ0n) is 13.8. The summed E-state index contributed by atoms with van der Waals surface area (Å²) in [5, 5.41) is 0. The number of rotatable bonds is 4. The minimum atomic E-state index is -0.414. The molecular formula is C20H16FNO3. The molecule has 4 nitrogen and oxygen atoms in total. The highest BCUT2D eigenvalue weighted by Crippen LogP contribution is 2.24. The highest BCUT2D eigenvalue weighted by Gasteiger charge is 2.08. The van der Waals surface area contributed by atoms with Crippen LogP contribution >= 0.6 is 0 Å². The van der Waals surface area contributed by atoms with Crippen molar-refractivity contribution in [2.24, 2.45) is 4.99 Å². The fourth-order valence-corrected chi connectivity index (χ4v) is 2.35. The molecule has 0 atom stereocenters. The van der Waals surface area contributed by atoms with Gasteiger partial charge in [0.2, 0.25) is 0 Å². The number of halogens is 1. The van der Waals surface area contributed by atoms with Gasteiger partial charge in [0.1, 0.15) is 17.3 Å². The quantitative estimate of drug-likeness (QED) is 0.501. The van der Waals surface area contributed by atoms with Crippen LogP contribution in [0.4, 0.5) is 10.1 Å². The van der Waals surface area contributed by atoms with Crippen LogP contribution in [0.2, 0.25) is 0 Å². The largest absolute Gasteiger partial charge is 0.465 e. The van der Waals surface area contributed by atoms with Gasteiger partial charge in [-0.2, -0.15) is 0 Å². The highest BCUT2D eigenvalue weighted by molar-refractivity contribution is 5.91. The molecule has 3 rings (SSSR count). The Morgan fingerprint density at radius 3 is 2.76 bits per heavy atom. The van der Waals surface area contributed by atoms with E-state index in [4.69, 9.17) is 9.15 Å². The van der Waals surface area contributed by atoms with Gasteiger partial charge >= 0.3 is 5.97 Å². The number of nitrogens with zero attached hydrogens (tertiary/aromatic N) is 1. The molecule has 0 spiro atoms. The second kappa shape index (κ2) is 7.13. The number of furan rings is 1. The third-order valence-electron chi connectivity index (χ3n) is 3.70. The number of ether oxygens (including phenoxy) is 1. The van der Waals surface area contributed by atoms with E-state index in [1.807, 2.05) is 6.92 Å². The van der Waals surface area contributed by atoms with E-state index in [1.165, 1.54) is 19.2 Å². The van der Waals surface area contributed by atoms with Gasteiger partial charge in [0.15, 0.2) is 0 Å². The van der Waals surface area contributed by atoms with Gasteiger partial charge in [-0.05, 0) is 48.9 Å². The van der Waals surface area contributed by atoms with Crippen molar-refractivity contribution in [2.75, 3.05) is 7.11 Å². The standard InChI is InChI=1S/C20H16FNO3/c1-13-6-7-15(20(23)24-2)11-18(13)22-12-17-8-9-19(25-17)14-4-3-5-16(21)10-14/h3-12H,1-2H3. The first-order valence-electron chi connectivity index (χ1n) is 7.65. The summed E-state index contributed by atoms with van der Waals surface area (Å²) in [5.41, 5.74) is 2.65. The van der Waals surface area contributed by atoms with Crippen molar-refractivity contribution in [3.63, 3.8) is 0 Å². The van der Waals surface area contributed by atoms with Crippen LogP contribution in [0.1, 0.15) is 21.7 Å². The molecule has 0 aliphatic rings. The number of esters is 1. The van der Waals surface area contributed by atoms with Gasteiger partial charge in [0, 0.05) is 5.56 Å². The topological polar surface area (TPSA) is 51.8 Å². The minimum absolute atomic E-state index is 0.320. The number of aryl methyl sites for hydroxylation is 1. The van der Waals surface area contributed by atoms with Crippen LogP contribution in [-0.4, -0.2) is 19.3 Å². The zero-order valence-corrected chi connectivity index (χ0v) is 13.8. The van der Waals surface area contributed by atoms with E-state index in [0.29, 0.717) is 28.3 Å². The van der Waals surface area contributed by atoms with Gasteiger partial charge < -0.3 is 9.15 Å². The van der Waals surface area contributed by atoms with Crippen LogP contribution < -0.4 is 0 Å². The summed E-state index contributed by atoms with van der Waals surface area (Å²) in [6.45, 7) is 1.90. The molecule has 0 saturated carbocycles. The molecule has 3 aromatic rings. The molecule has 0 amide bonds. The predicted molar refractivity (Wildman–Crippen MR) is 93.9 cm³/mol. The molecule has 0 saturated heterocycles. The van der Waals surface area contributed by atoms with Gasteiger partial charge in [-0.1, -0.05) is 18.2 Å². The number of hydrogen-bond acceptors (Lipinski definition) is 4. The van der Waals surface area contributed by atoms with Gasteiger partial charge in [-0.3, -0.25) is 4.99 Å². The number of carbonyl (C=O) groups excluding carboxylic acids is 1. The van der Waals surface area contributed by atoms with Crippen LogP contribution in [0.3, 0.4) is 0 Å². The highest BCUT2D eigenvalue weighted by atomic mass is 19.1. The first-order chi connectivity index (χ1) is 12.1. The second-order valence-electron chi connectivity index (χ2n) is 5.46. The second-order valence-corrected chi connectivity index (χ2v) is 5.46. The lowest BCUT2D eigenvalue weighted by Crippen LogP contribution is -2.00. The summed E-state index contributed by atoms with van der Waals surface area (Å²) in [6, 6.07) is 14.9. The number of methoxy groups -OCH3 is 1. The van der Waals surface area contributed by atoms with Gasteiger partial charge in [0.05, 0.1) is 24.6 Å². The molecule has 2 aromatic carbocycles. The van der Waals surface area contributed by atoms with E-state index in [-0.39, 0.29) is 5.82 Å². The van der Waals surface area contributed by atoms with E-state index in [9.17, 15) is 9.18 Å². The summed E-state index contributed by atoms with van der Waals surface area (Å²) >= 11 is 0. The summed E-state index contributed by atoms with van der Waals surface area (Å²) in [5.74, 6) is 0.352. The maximum atomic E-state index is 13.3. The van der Waals surface area contributed by atoms with Crippen molar-refractivity contribution in [3.8, 4) is 11.3 Å². The smallest absolute Gasteiger partial charge is 0.337 e. The molecule has 5 heteroatoms. The maximum Gasteiger partial charge on any atom is 0.337 e.